The number of aliphatic hydroxyl groups is 1. The zero-order valence-corrected chi connectivity index (χ0v) is 14.4. The summed E-state index contributed by atoms with van der Waals surface area (Å²) in [7, 11) is 1.97. The molecule has 3 rings (SSSR count). The summed E-state index contributed by atoms with van der Waals surface area (Å²) in [6, 6.07) is 8.12. The van der Waals surface area contributed by atoms with Gasteiger partial charge in [-0.3, -0.25) is 9.59 Å². The van der Waals surface area contributed by atoms with E-state index < -0.39 is 17.0 Å². The highest BCUT2D eigenvalue weighted by Crippen LogP contribution is 2.47. The molecule has 5 nitrogen and oxygen atoms in total. The fraction of sp³-hybridized carbons (Fsp3) is 0.368. The van der Waals surface area contributed by atoms with Gasteiger partial charge in [-0.2, -0.15) is 0 Å². The lowest BCUT2D eigenvalue weighted by Crippen LogP contribution is -2.39. The van der Waals surface area contributed by atoms with E-state index in [0.717, 1.165) is 11.4 Å². The molecule has 5 heteroatoms. The average molecular weight is 326 g/mol. The van der Waals surface area contributed by atoms with Gasteiger partial charge in [0.2, 0.25) is 10.9 Å². The summed E-state index contributed by atoms with van der Waals surface area (Å²) in [6.45, 7) is 6.08. The van der Waals surface area contributed by atoms with E-state index in [4.69, 9.17) is 0 Å². The largest absolute Gasteiger partial charge is 0.392 e. The fourth-order valence-electron chi connectivity index (χ4n) is 3.37. The van der Waals surface area contributed by atoms with E-state index in [9.17, 15) is 14.7 Å². The van der Waals surface area contributed by atoms with Gasteiger partial charge in [-0.05, 0) is 24.6 Å². The fourth-order valence-corrected chi connectivity index (χ4v) is 3.37. The topological polar surface area (TPSA) is 69.6 Å². The number of fused-ring (bicyclic) bond motifs is 1. The Morgan fingerprint density at radius 3 is 2.54 bits per heavy atom. The summed E-state index contributed by atoms with van der Waals surface area (Å²) in [5.74, 6) is 0. The minimum Gasteiger partial charge on any atom is -0.392 e. The van der Waals surface area contributed by atoms with Gasteiger partial charge in [0, 0.05) is 30.4 Å². The third kappa shape index (κ3) is 2.36. The Labute approximate surface area is 140 Å². The summed E-state index contributed by atoms with van der Waals surface area (Å²) >= 11 is 0. The second-order valence-corrected chi connectivity index (χ2v) is 6.91. The van der Waals surface area contributed by atoms with Crippen LogP contribution in [-0.2, 0) is 5.41 Å². The lowest BCUT2D eigenvalue weighted by Gasteiger charge is -2.25. The maximum absolute atomic E-state index is 12.0. The Kier molecular flexibility index (Phi) is 3.84. The lowest BCUT2D eigenvalue weighted by molar-refractivity contribution is 0.208. The number of anilines is 2. The number of nitrogens with one attached hydrogen (secondary N) is 1. The molecular formula is C19H22N2O3. The lowest BCUT2D eigenvalue weighted by atomic mass is 9.83. The van der Waals surface area contributed by atoms with E-state index >= 15 is 0 Å². The number of rotatable bonds is 4. The Hall–Kier alpha value is -2.40. The number of aliphatic hydroxyl groups excluding tert-OH is 1. The molecule has 0 aromatic heterocycles. The molecule has 1 aliphatic heterocycles. The highest BCUT2D eigenvalue weighted by atomic mass is 16.3. The molecule has 126 valence electrons. The predicted octanol–water partition coefficient (Wildman–Crippen LogP) is 1.84. The number of likely N-dealkylation sites (N-methyl/N-ethyl adjacent to an activating group) is 1. The molecule has 0 aliphatic carbocycles. The first-order valence-electron chi connectivity index (χ1n) is 8.05. The molecule has 0 bridgehead atoms. The monoisotopic (exact) mass is 326 g/mol. The van der Waals surface area contributed by atoms with Crippen LogP contribution in [-0.4, -0.2) is 24.8 Å². The summed E-state index contributed by atoms with van der Waals surface area (Å²) < 4.78 is 0. The number of hydrogen-bond acceptors (Lipinski definition) is 5. The molecule has 1 aliphatic rings. The Bertz CT molecular complexity index is 886. The van der Waals surface area contributed by atoms with Gasteiger partial charge >= 0.3 is 0 Å². The zero-order valence-electron chi connectivity index (χ0n) is 14.4. The minimum absolute atomic E-state index is 0.237. The van der Waals surface area contributed by atoms with Gasteiger partial charge < -0.3 is 15.3 Å². The maximum Gasteiger partial charge on any atom is 0.250 e. The second kappa shape index (κ2) is 5.60. The summed E-state index contributed by atoms with van der Waals surface area (Å²) in [5, 5.41) is 12.3. The first-order chi connectivity index (χ1) is 11.2. The molecule has 0 unspecified atom stereocenters. The van der Waals surface area contributed by atoms with Gasteiger partial charge in [-0.25, -0.2) is 0 Å². The van der Waals surface area contributed by atoms with Crippen molar-refractivity contribution in [1.29, 1.82) is 0 Å². The molecule has 1 atom stereocenters. The zero-order chi connectivity index (χ0) is 17.6. The van der Waals surface area contributed by atoms with Crippen molar-refractivity contribution >= 4 is 17.5 Å². The molecule has 24 heavy (non-hydrogen) atoms. The summed E-state index contributed by atoms with van der Waals surface area (Å²) in [5.41, 5.74) is 2.70. The number of para-hydroxylation sites is 1. The molecule has 2 aromatic carbocycles. The average Bonchev–Trinajstić information content (AvgIpc) is 2.74. The third-order valence-electron chi connectivity index (χ3n) is 4.74. The van der Waals surface area contributed by atoms with Crippen LogP contribution >= 0.6 is 0 Å². The highest BCUT2D eigenvalue weighted by Gasteiger charge is 2.38. The van der Waals surface area contributed by atoms with Gasteiger partial charge in [0.1, 0.15) is 0 Å². The van der Waals surface area contributed by atoms with E-state index in [-0.39, 0.29) is 12.0 Å². The standard InChI is InChI=1S/C19H22N2O3/c1-11(22)10-20-16-12(17(23)18(16)24)9-15-19(2,3)13-7-5-6-8-14(13)21(15)4/h5-9,11,20,22H,10H2,1-4H3/b15-9-/t11-/m1/s1. The smallest absolute Gasteiger partial charge is 0.250 e. The molecule has 0 spiro atoms. The maximum atomic E-state index is 12.0. The van der Waals surface area contributed by atoms with Gasteiger partial charge in [0.15, 0.2) is 0 Å². The quantitative estimate of drug-likeness (QED) is 0.839. The van der Waals surface area contributed by atoms with E-state index in [1.165, 1.54) is 5.56 Å². The first kappa shape index (κ1) is 16.5. The van der Waals surface area contributed by atoms with Crippen LogP contribution in [0.1, 0.15) is 31.9 Å². The number of allylic oxidation sites excluding steroid dienone is 1. The van der Waals surface area contributed by atoms with Crippen molar-refractivity contribution in [1.82, 2.24) is 0 Å². The van der Waals surface area contributed by atoms with Crippen molar-refractivity contribution in [2.24, 2.45) is 0 Å². The Morgan fingerprint density at radius 2 is 1.92 bits per heavy atom. The van der Waals surface area contributed by atoms with Crippen LogP contribution in [0.2, 0.25) is 0 Å². The Balaban J connectivity index is 2.03. The molecular weight excluding hydrogens is 304 g/mol. The van der Waals surface area contributed by atoms with E-state index in [1.807, 2.05) is 25.2 Å². The van der Waals surface area contributed by atoms with Crippen LogP contribution in [0.5, 0.6) is 0 Å². The van der Waals surface area contributed by atoms with E-state index in [1.54, 1.807) is 13.0 Å². The summed E-state index contributed by atoms with van der Waals surface area (Å²) in [6.07, 6.45) is 1.21. The Morgan fingerprint density at radius 1 is 1.25 bits per heavy atom. The predicted molar refractivity (Wildman–Crippen MR) is 97.4 cm³/mol. The van der Waals surface area contributed by atoms with Gasteiger partial charge in [0.05, 0.1) is 17.4 Å². The van der Waals surface area contributed by atoms with Crippen molar-refractivity contribution in [3.63, 3.8) is 0 Å². The van der Waals surface area contributed by atoms with Gasteiger partial charge in [0.25, 0.3) is 0 Å². The summed E-state index contributed by atoms with van der Waals surface area (Å²) in [4.78, 5) is 25.9. The molecule has 0 saturated carbocycles. The molecule has 1 heterocycles. The normalized spacial score (nSPS) is 18.9. The molecule has 0 fully saturated rings. The van der Waals surface area contributed by atoms with Gasteiger partial charge in [-0.1, -0.05) is 32.0 Å². The van der Waals surface area contributed by atoms with Crippen molar-refractivity contribution in [3.05, 3.63) is 61.5 Å². The van der Waals surface area contributed by atoms with Crippen LogP contribution in [0.15, 0.2) is 39.6 Å². The number of nitrogens with zero attached hydrogens (tertiary/aromatic N) is 1. The van der Waals surface area contributed by atoms with E-state index in [0.29, 0.717) is 11.3 Å². The number of benzene rings is 1. The van der Waals surface area contributed by atoms with Crippen molar-refractivity contribution in [2.45, 2.75) is 32.3 Å². The van der Waals surface area contributed by atoms with Crippen LogP contribution in [0.3, 0.4) is 0 Å². The molecule has 2 aromatic rings. The molecule has 0 saturated heterocycles. The van der Waals surface area contributed by atoms with Crippen LogP contribution in [0.25, 0.3) is 6.08 Å². The highest BCUT2D eigenvalue weighted by molar-refractivity contribution is 5.80. The van der Waals surface area contributed by atoms with Crippen molar-refractivity contribution in [3.8, 4) is 0 Å². The molecule has 0 radical (unpaired) electrons. The SMILES string of the molecule is C[C@@H](O)CNc1c(/C=C2\N(C)c3ccccc3C2(C)C)c(=O)c1=O. The minimum atomic E-state index is -0.593. The van der Waals surface area contributed by atoms with Crippen LogP contribution in [0.4, 0.5) is 11.4 Å². The second-order valence-electron chi connectivity index (χ2n) is 6.91. The van der Waals surface area contributed by atoms with Crippen LogP contribution < -0.4 is 21.1 Å². The third-order valence-corrected chi connectivity index (χ3v) is 4.74. The van der Waals surface area contributed by atoms with Crippen molar-refractivity contribution in [2.75, 3.05) is 23.8 Å². The molecule has 2 N–H and O–H groups in total. The van der Waals surface area contributed by atoms with E-state index in [2.05, 4.69) is 30.1 Å². The van der Waals surface area contributed by atoms with Crippen molar-refractivity contribution < 1.29 is 5.11 Å². The molecule has 0 amide bonds. The van der Waals surface area contributed by atoms with Gasteiger partial charge in [-0.15, -0.1) is 0 Å². The first-order valence-corrected chi connectivity index (χ1v) is 8.05. The number of hydrogen-bond donors (Lipinski definition) is 2. The van der Waals surface area contributed by atoms with Crippen LogP contribution in [0, 0.1) is 0 Å².